The number of hydrogen-bond donors (Lipinski definition) is 2. The summed E-state index contributed by atoms with van der Waals surface area (Å²) in [5.41, 5.74) is 7.32. The zero-order chi connectivity index (χ0) is 13.8. The summed E-state index contributed by atoms with van der Waals surface area (Å²) >= 11 is 0. The van der Waals surface area contributed by atoms with Gasteiger partial charge in [0.1, 0.15) is 11.9 Å². The first-order chi connectivity index (χ1) is 8.34. The second-order valence-corrected chi connectivity index (χ2v) is 5.39. The van der Waals surface area contributed by atoms with Crippen molar-refractivity contribution in [2.24, 2.45) is 11.1 Å². The lowest BCUT2D eigenvalue weighted by Crippen LogP contribution is -2.34. The summed E-state index contributed by atoms with van der Waals surface area (Å²) in [6, 6.07) is 4.15. The second-order valence-electron chi connectivity index (χ2n) is 5.39. The number of hydrogen-bond acceptors (Lipinski definition) is 3. The third-order valence-electron chi connectivity index (χ3n) is 2.75. The number of rotatable bonds is 1. The summed E-state index contributed by atoms with van der Waals surface area (Å²) in [4.78, 5) is 4.16. The Hall–Kier alpha value is -1.39. The maximum atomic E-state index is 8.67. The van der Waals surface area contributed by atoms with Crippen molar-refractivity contribution in [1.29, 1.82) is 0 Å². The van der Waals surface area contributed by atoms with Crippen molar-refractivity contribution >= 4 is 5.65 Å². The molecule has 100 valence electrons. The summed E-state index contributed by atoms with van der Waals surface area (Å²) in [6.07, 6.45) is 6.27. The molecule has 2 rings (SSSR count). The number of imidazole rings is 1. The van der Waals surface area contributed by atoms with Crippen LogP contribution in [0.4, 0.5) is 0 Å². The van der Waals surface area contributed by atoms with E-state index < -0.39 is 6.23 Å². The molecule has 2 aromatic heterocycles. The molecule has 0 radical (unpaired) electrons. The average Bonchev–Trinajstić information content (AvgIpc) is 2.75. The summed E-state index contributed by atoms with van der Waals surface area (Å²) in [5, 5.41) is 8.67. The number of aliphatic hydroxyl groups is 1. The Balaban J connectivity index is 0.000000203. The number of fused-ring (bicyclic) bond motifs is 1. The van der Waals surface area contributed by atoms with Crippen LogP contribution in [0.1, 0.15) is 33.3 Å². The van der Waals surface area contributed by atoms with Crippen LogP contribution in [-0.4, -0.2) is 20.7 Å². The van der Waals surface area contributed by atoms with Crippen molar-refractivity contribution in [2.75, 3.05) is 0 Å². The highest BCUT2D eigenvalue weighted by molar-refractivity contribution is 5.39. The molecular formula is C14H23N3O. The smallest absolute Gasteiger partial charge is 0.136 e. The molecular weight excluding hydrogens is 226 g/mol. The van der Waals surface area contributed by atoms with Crippen LogP contribution in [0, 0.1) is 5.41 Å². The summed E-state index contributed by atoms with van der Waals surface area (Å²) in [5.74, 6) is 0. The van der Waals surface area contributed by atoms with Crippen LogP contribution >= 0.6 is 0 Å². The summed E-state index contributed by atoms with van der Waals surface area (Å²) in [7, 11) is 0. The minimum atomic E-state index is -0.701. The number of aryl methyl sites for hydroxylation is 1. The fourth-order valence-electron chi connectivity index (χ4n) is 1.18. The van der Waals surface area contributed by atoms with Crippen LogP contribution in [0.3, 0.4) is 0 Å². The van der Waals surface area contributed by atoms with Crippen molar-refractivity contribution in [3.8, 4) is 0 Å². The third kappa shape index (κ3) is 4.13. The van der Waals surface area contributed by atoms with E-state index in [2.05, 4.69) is 24.2 Å². The lowest BCUT2D eigenvalue weighted by molar-refractivity contribution is 0.0692. The molecule has 0 fully saturated rings. The van der Waals surface area contributed by atoms with Crippen molar-refractivity contribution in [3.63, 3.8) is 0 Å². The molecule has 1 unspecified atom stereocenters. The first kappa shape index (κ1) is 14.7. The van der Waals surface area contributed by atoms with E-state index in [1.807, 2.05) is 43.6 Å². The Morgan fingerprint density at radius 3 is 2.50 bits per heavy atom. The topological polar surface area (TPSA) is 63.5 Å². The largest absolute Gasteiger partial charge is 0.378 e. The van der Waals surface area contributed by atoms with Crippen LogP contribution in [0.25, 0.3) is 5.65 Å². The van der Waals surface area contributed by atoms with Crippen molar-refractivity contribution < 1.29 is 5.11 Å². The number of aliphatic hydroxyl groups excluding tert-OH is 1. The zero-order valence-electron chi connectivity index (χ0n) is 11.6. The summed E-state index contributed by atoms with van der Waals surface area (Å²) < 4.78 is 2.04. The first-order valence-electron chi connectivity index (χ1n) is 6.20. The molecule has 0 saturated heterocycles. The Morgan fingerprint density at radius 2 is 2.00 bits per heavy atom. The molecule has 3 N–H and O–H groups in total. The van der Waals surface area contributed by atoms with Gasteiger partial charge in [0.25, 0.3) is 0 Å². The predicted molar refractivity (Wildman–Crippen MR) is 74.2 cm³/mol. The summed E-state index contributed by atoms with van der Waals surface area (Å²) in [6.45, 7) is 7.81. The van der Waals surface area contributed by atoms with Gasteiger partial charge in [0, 0.05) is 24.0 Å². The highest BCUT2D eigenvalue weighted by Crippen LogP contribution is 2.13. The van der Waals surface area contributed by atoms with Gasteiger partial charge in [0.2, 0.25) is 0 Å². The van der Waals surface area contributed by atoms with E-state index in [4.69, 9.17) is 10.8 Å². The lowest BCUT2D eigenvalue weighted by Gasteiger charge is -2.20. The van der Waals surface area contributed by atoms with E-state index in [9.17, 15) is 0 Å². The maximum absolute atomic E-state index is 8.67. The van der Waals surface area contributed by atoms with Crippen molar-refractivity contribution in [2.45, 2.75) is 40.3 Å². The molecule has 0 saturated carbocycles. The van der Waals surface area contributed by atoms with E-state index in [0.717, 1.165) is 12.1 Å². The predicted octanol–water partition coefficient (Wildman–Crippen LogP) is 2.21. The van der Waals surface area contributed by atoms with Crippen molar-refractivity contribution in [3.05, 3.63) is 36.3 Å². The van der Waals surface area contributed by atoms with Gasteiger partial charge in [-0.1, -0.05) is 33.8 Å². The molecule has 4 nitrogen and oxygen atoms in total. The van der Waals surface area contributed by atoms with Gasteiger partial charge in [-0.15, -0.1) is 0 Å². The molecule has 0 aliphatic carbocycles. The van der Waals surface area contributed by atoms with Gasteiger partial charge in [0.15, 0.2) is 0 Å². The lowest BCUT2D eigenvalue weighted by atomic mass is 9.95. The molecule has 0 aliphatic rings. The fourth-order valence-corrected chi connectivity index (χ4v) is 1.18. The maximum Gasteiger partial charge on any atom is 0.136 e. The normalized spacial score (nSPS) is 13.0. The van der Waals surface area contributed by atoms with Gasteiger partial charge in [-0.2, -0.15) is 0 Å². The quantitative estimate of drug-likeness (QED) is 0.762. The minimum Gasteiger partial charge on any atom is -0.378 e. The molecule has 18 heavy (non-hydrogen) atoms. The minimum absolute atomic E-state index is 0.167. The van der Waals surface area contributed by atoms with Crippen LogP contribution < -0.4 is 5.73 Å². The Bertz CT molecular complexity index is 483. The Morgan fingerprint density at radius 1 is 1.39 bits per heavy atom. The van der Waals surface area contributed by atoms with E-state index >= 15 is 0 Å². The Labute approximate surface area is 108 Å². The van der Waals surface area contributed by atoms with Crippen LogP contribution in [0.2, 0.25) is 0 Å². The standard InChI is InChI=1S/C9H10N2.C5H13NO/c1-2-8-3-4-9-10-5-6-11(9)7-8;1-5(2,3)4(6)7/h3-7H,2H2,1H3;4,7H,6H2,1-3H3. The number of nitrogens with two attached hydrogens (primary N) is 1. The van der Waals surface area contributed by atoms with Crippen LogP contribution in [0.5, 0.6) is 0 Å². The average molecular weight is 249 g/mol. The Kier molecular flexibility index (Phi) is 4.87. The molecule has 0 aliphatic heterocycles. The second kappa shape index (κ2) is 5.98. The van der Waals surface area contributed by atoms with E-state index in [1.54, 1.807) is 0 Å². The van der Waals surface area contributed by atoms with E-state index in [-0.39, 0.29) is 5.41 Å². The number of pyridine rings is 1. The zero-order valence-corrected chi connectivity index (χ0v) is 11.6. The van der Waals surface area contributed by atoms with Crippen molar-refractivity contribution in [1.82, 2.24) is 9.38 Å². The fraction of sp³-hybridized carbons (Fsp3) is 0.500. The molecule has 4 heteroatoms. The highest BCUT2D eigenvalue weighted by Gasteiger charge is 2.16. The van der Waals surface area contributed by atoms with Gasteiger partial charge >= 0.3 is 0 Å². The van der Waals surface area contributed by atoms with Gasteiger partial charge in [-0.05, 0) is 18.1 Å². The molecule has 2 heterocycles. The monoisotopic (exact) mass is 249 g/mol. The molecule has 0 amide bonds. The molecule has 0 bridgehead atoms. The first-order valence-corrected chi connectivity index (χ1v) is 6.20. The van der Waals surface area contributed by atoms with E-state index in [1.165, 1.54) is 5.56 Å². The molecule has 0 spiro atoms. The van der Waals surface area contributed by atoms with Crippen LogP contribution in [0.15, 0.2) is 30.7 Å². The van der Waals surface area contributed by atoms with Gasteiger partial charge in [0.05, 0.1) is 0 Å². The van der Waals surface area contributed by atoms with Gasteiger partial charge < -0.3 is 15.2 Å². The highest BCUT2D eigenvalue weighted by atomic mass is 16.3. The van der Waals surface area contributed by atoms with Crippen LogP contribution in [-0.2, 0) is 6.42 Å². The SMILES string of the molecule is CC(C)(C)C(N)O.CCc1ccc2nccn2c1. The molecule has 0 aromatic carbocycles. The van der Waals surface area contributed by atoms with Gasteiger partial charge in [-0.3, -0.25) is 0 Å². The van der Waals surface area contributed by atoms with E-state index in [0.29, 0.717) is 0 Å². The molecule has 1 atom stereocenters. The molecule has 2 aromatic rings. The third-order valence-corrected chi connectivity index (χ3v) is 2.75. The number of aromatic nitrogens is 2. The van der Waals surface area contributed by atoms with Gasteiger partial charge in [-0.25, -0.2) is 4.98 Å². The number of nitrogens with zero attached hydrogens (tertiary/aromatic N) is 2.